The first-order valence-corrected chi connectivity index (χ1v) is 8.14. The average molecular weight is 263 g/mol. The van der Waals surface area contributed by atoms with Crippen LogP contribution in [0.25, 0.3) is 0 Å². The van der Waals surface area contributed by atoms with E-state index in [1.54, 1.807) is 0 Å². The molecule has 1 aliphatic rings. The van der Waals surface area contributed by atoms with Gasteiger partial charge in [0.25, 0.3) is 0 Å². The molecule has 3 heteroatoms. The number of nitrogens with zero attached hydrogens (tertiary/aromatic N) is 2. The topological polar surface area (TPSA) is 29.9 Å². The molecule has 0 radical (unpaired) electrons. The smallest absolute Gasteiger partial charge is 0.0522 e. The van der Waals surface area contributed by atoms with Crippen molar-refractivity contribution in [3.8, 4) is 0 Å². The Balaban J connectivity index is 1.55. The molecule has 2 rings (SSSR count). The number of hydrogen-bond donors (Lipinski definition) is 1. The molecule has 0 bridgehead atoms. The number of rotatable bonds is 11. The maximum Gasteiger partial charge on any atom is 0.0522 e. The lowest BCUT2D eigenvalue weighted by molar-refractivity contribution is 0.501. The predicted octanol–water partition coefficient (Wildman–Crippen LogP) is 3.89. The van der Waals surface area contributed by atoms with Crippen molar-refractivity contribution in [2.24, 2.45) is 0 Å². The van der Waals surface area contributed by atoms with Crippen molar-refractivity contribution in [3.63, 3.8) is 0 Å². The third-order valence-corrected chi connectivity index (χ3v) is 3.93. The van der Waals surface area contributed by atoms with Gasteiger partial charge in [0.05, 0.1) is 5.69 Å². The highest BCUT2D eigenvalue weighted by Crippen LogP contribution is 2.19. The molecule has 1 aliphatic carbocycles. The maximum absolute atomic E-state index is 4.44. The van der Waals surface area contributed by atoms with Gasteiger partial charge in [-0.05, 0) is 25.3 Å². The third kappa shape index (κ3) is 5.77. The van der Waals surface area contributed by atoms with Crippen LogP contribution >= 0.6 is 0 Å². The Kier molecular flexibility index (Phi) is 6.42. The highest BCUT2D eigenvalue weighted by Gasteiger charge is 2.20. The molecule has 0 unspecified atom stereocenters. The predicted molar refractivity (Wildman–Crippen MR) is 80.1 cm³/mol. The number of aromatic nitrogens is 2. The van der Waals surface area contributed by atoms with Crippen LogP contribution in [0.5, 0.6) is 0 Å². The maximum atomic E-state index is 4.44. The summed E-state index contributed by atoms with van der Waals surface area (Å²) in [7, 11) is 0. The van der Waals surface area contributed by atoms with Gasteiger partial charge in [0.1, 0.15) is 0 Å². The molecule has 3 nitrogen and oxygen atoms in total. The summed E-state index contributed by atoms with van der Waals surface area (Å²) in [5, 5.41) is 8.00. The van der Waals surface area contributed by atoms with Crippen LogP contribution < -0.4 is 5.32 Å². The molecule has 0 spiro atoms. The monoisotopic (exact) mass is 263 g/mol. The van der Waals surface area contributed by atoms with Gasteiger partial charge >= 0.3 is 0 Å². The molecule has 0 aromatic carbocycles. The first kappa shape index (κ1) is 14.6. The zero-order chi connectivity index (χ0) is 13.3. The molecule has 1 saturated carbocycles. The lowest BCUT2D eigenvalue weighted by Gasteiger charge is -2.08. The summed E-state index contributed by atoms with van der Waals surface area (Å²) in [5.41, 5.74) is 1.35. The SMILES string of the molecule is CCCCCCCCCn1nccc1CNC1CC1. The fraction of sp³-hybridized carbons (Fsp3) is 0.812. The van der Waals surface area contributed by atoms with Gasteiger partial charge in [-0.15, -0.1) is 0 Å². The minimum Gasteiger partial charge on any atom is -0.308 e. The first-order chi connectivity index (χ1) is 9.40. The Morgan fingerprint density at radius 1 is 1.16 bits per heavy atom. The summed E-state index contributed by atoms with van der Waals surface area (Å²) in [6.07, 6.45) is 14.2. The summed E-state index contributed by atoms with van der Waals surface area (Å²) in [4.78, 5) is 0. The van der Waals surface area contributed by atoms with Crippen LogP contribution in [0.1, 0.15) is 70.4 Å². The molecule has 19 heavy (non-hydrogen) atoms. The highest BCUT2D eigenvalue weighted by molar-refractivity contribution is 5.01. The normalized spacial score (nSPS) is 15.0. The minimum absolute atomic E-state index is 0.780. The van der Waals surface area contributed by atoms with E-state index < -0.39 is 0 Å². The second-order valence-corrected chi connectivity index (χ2v) is 5.82. The molecular weight excluding hydrogens is 234 g/mol. The molecule has 1 fully saturated rings. The van der Waals surface area contributed by atoms with Gasteiger partial charge in [-0.2, -0.15) is 5.10 Å². The number of unbranched alkanes of at least 4 members (excludes halogenated alkanes) is 6. The van der Waals surface area contributed by atoms with Gasteiger partial charge in [-0.25, -0.2) is 0 Å². The quantitative estimate of drug-likeness (QED) is 0.614. The Bertz CT molecular complexity index is 342. The van der Waals surface area contributed by atoms with Crippen molar-refractivity contribution in [2.75, 3.05) is 0 Å². The van der Waals surface area contributed by atoms with Crippen LogP contribution in [0, 0.1) is 0 Å². The summed E-state index contributed by atoms with van der Waals surface area (Å²) in [6, 6.07) is 2.93. The zero-order valence-electron chi connectivity index (χ0n) is 12.4. The van der Waals surface area contributed by atoms with Crippen LogP contribution in [0.2, 0.25) is 0 Å². The van der Waals surface area contributed by atoms with Crippen LogP contribution in [-0.4, -0.2) is 15.8 Å². The second-order valence-electron chi connectivity index (χ2n) is 5.82. The molecule has 0 saturated heterocycles. The van der Waals surface area contributed by atoms with Crippen molar-refractivity contribution >= 4 is 0 Å². The van der Waals surface area contributed by atoms with Gasteiger partial charge in [0.2, 0.25) is 0 Å². The van der Waals surface area contributed by atoms with E-state index in [4.69, 9.17) is 0 Å². The van der Waals surface area contributed by atoms with E-state index in [0.29, 0.717) is 0 Å². The molecular formula is C16H29N3. The lowest BCUT2D eigenvalue weighted by Crippen LogP contribution is -2.18. The van der Waals surface area contributed by atoms with Gasteiger partial charge in [-0.1, -0.05) is 45.4 Å². The average Bonchev–Trinajstić information content (AvgIpc) is 3.15. The molecule has 0 atom stereocenters. The van der Waals surface area contributed by atoms with Crippen molar-refractivity contribution in [1.29, 1.82) is 0 Å². The molecule has 108 valence electrons. The Morgan fingerprint density at radius 2 is 1.89 bits per heavy atom. The number of hydrogen-bond acceptors (Lipinski definition) is 2. The first-order valence-electron chi connectivity index (χ1n) is 8.14. The molecule has 1 heterocycles. The molecule has 0 aliphatic heterocycles. The minimum atomic E-state index is 0.780. The van der Waals surface area contributed by atoms with E-state index in [0.717, 1.165) is 19.1 Å². The van der Waals surface area contributed by atoms with E-state index >= 15 is 0 Å². The van der Waals surface area contributed by atoms with E-state index in [-0.39, 0.29) is 0 Å². The second kappa shape index (κ2) is 8.36. The Hall–Kier alpha value is -0.830. The Labute approximate surface area is 117 Å². The van der Waals surface area contributed by atoms with Crippen molar-refractivity contribution < 1.29 is 0 Å². The Morgan fingerprint density at radius 3 is 2.63 bits per heavy atom. The fourth-order valence-corrected chi connectivity index (χ4v) is 2.47. The molecule has 1 aromatic rings. The van der Waals surface area contributed by atoms with Gasteiger partial charge in [0.15, 0.2) is 0 Å². The zero-order valence-corrected chi connectivity index (χ0v) is 12.4. The van der Waals surface area contributed by atoms with Crippen LogP contribution in [0.4, 0.5) is 0 Å². The fourth-order valence-electron chi connectivity index (χ4n) is 2.47. The van der Waals surface area contributed by atoms with Crippen LogP contribution in [0.3, 0.4) is 0 Å². The van der Waals surface area contributed by atoms with Gasteiger partial charge < -0.3 is 5.32 Å². The number of nitrogens with one attached hydrogen (secondary N) is 1. The van der Waals surface area contributed by atoms with Gasteiger partial charge in [0, 0.05) is 25.3 Å². The largest absolute Gasteiger partial charge is 0.308 e. The summed E-state index contributed by atoms with van der Waals surface area (Å²) < 4.78 is 2.18. The van der Waals surface area contributed by atoms with Gasteiger partial charge in [-0.3, -0.25) is 4.68 Å². The number of aryl methyl sites for hydroxylation is 1. The van der Waals surface area contributed by atoms with E-state index in [1.807, 2.05) is 6.20 Å². The third-order valence-electron chi connectivity index (χ3n) is 3.93. The summed E-state index contributed by atoms with van der Waals surface area (Å²) >= 11 is 0. The highest BCUT2D eigenvalue weighted by atomic mass is 15.3. The molecule has 1 N–H and O–H groups in total. The van der Waals surface area contributed by atoms with E-state index in [2.05, 4.69) is 28.1 Å². The molecule has 1 aromatic heterocycles. The van der Waals surface area contributed by atoms with Crippen LogP contribution in [0.15, 0.2) is 12.3 Å². The standard InChI is InChI=1S/C16H29N3/c1-2-3-4-5-6-7-8-13-19-16(11-12-18-19)14-17-15-9-10-15/h11-12,15,17H,2-10,13-14H2,1H3. The molecule has 0 amide bonds. The summed E-state index contributed by atoms with van der Waals surface area (Å²) in [6.45, 7) is 4.35. The lowest BCUT2D eigenvalue weighted by atomic mass is 10.1. The van der Waals surface area contributed by atoms with Crippen molar-refractivity contribution in [2.45, 2.75) is 83.8 Å². The van der Waals surface area contributed by atoms with Crippen molar-refractivity contribution in [1.82, 2.24) is 15.1 Å². The van der Waals surface area contributed by atoms with E-state index in [9.17, 15) is 0 Å². The van der Waals surface area contributed by atoms with Crippen LogP contribution in [-0.2, 0) is 13.1 Å². The van der Waals surface area contributed by atoms with E-state index in [1.165, 1.54) is 63.5 Å². The summed E-state index contributed by atoms with van der Waals surface area (Å²) in [5.74, 6) is 0. The van der Waals surface area contributed by atoms with Crippen molar-refractivity contribution in [3.05, 3.63) is 18.0 Å².